The van der Waals surface area contributed by atoms with Crippen molar-refractivity contribution in [3.05, 3.63) is 95.1 Å². The molecule has 0 aromatic heterocycles. The average molecular weight is 432 g/mol. The third kappa shape index (κ3) is 10.4. The highest BCUT2D eigenvalue weighted by molar-refractivity contribution is 6.71. The van der Waals surface area contributed by atoms with E-state index in [1.165, 1.54) is 17.3 Å². The summed E-state index contributed by atoms with van der Waals surface area (Å²) in [5.74, 6) is 12.9. The van der Waals surface area contributed by atoms with Gasteiger partial charge in [0.2, 0.25) is 0 Å². The van der Waals surface area contributed by atoms with Crippen LogP contribution in [-0.4, -0.2) is 13.4 Å². The van der Waals surface area contributed by atoms with Crippen LogP contribution in [0.15, 0.2) is 72.8 Å². The van der Waals surface area contributed by atoms with Gasteiger partial charge in [0.25, 0.3) is 0 Å². The molecule has 0 heterocycles. The van der Waals surface area contributed by atoms with Crippen molar-refractivity contribution < 1.29 is 0 Å². The van der Waals surface area contributed by atoms with Gasteiger partial charge < -0.3 is 0 Å². The average Bonchev–Trinajstić information content (AvgIpc) is 2.84. The van der Waals surface area contributed by atoms with Crippen LogP contribution in [0.4, 0.5) is 0 Å². The van der Waals surface area contributed by atoms with Crippen LogP contribution in [0.5, 0.6) is 0 Å². The first-order valence-corrected chi connectivity index (χ1v) is 12.3. The van der Waals surface area contributed by atoms with E-state index in [0.717, 1.165) is 22.3 Å². The minimum Gasteiger partial charge on any atom is -0.0819 e. The van der Waals surface area contributed by atoms with E-state index in [4.69, 9.17) is 0 Å². The molecule has 0 fully saturated rings. The molecule has 3 aromatic carbocycles. The fraction of sp³-hybridized carbons (Fsp3) is 0.290. The second-order valence-corrected chi connectivity index (χ2v) is 8.34. The van der Waals surface area contributed by atoms with Crippen LogP contribution in [0.25, 0.3) is 0 Å². The zero-order valence-corrected chi connectivity index (χ0v) is 21.8. The maximum atomic E-state index is 3.23. The van der Waals surface area contributed by atoms with Gasteiger partial charge >= 0.3 is 0 Å². The minimum absolute atomic E-state index is 0.545. The smallest absolute Gasteiger partial charge is 0.0819 e. The van der Waals surface area contributed by atoms with E-state index >= 15 is 0 Å². The molecular weight excluding hydrogens is 394 g/mol. The molecule has 3 rings (SSSR count). The molecule has 0 saturated carbocycles. The molecular formula is C31H38B2. The molecule has 0 saturated heterocycles. The highest BCUT2D eigenvalue weighted by atomic mass is 13.9. The van der Waals surface area contributed by atoms with Gasteiger partial charge in [-0.25, -0.2) is 0 Å². The Bertz CT molecular complexity index is 962. The summed E-state index contributed by atoms with van der Waals surface area (Å²) in [6, 6.07) is 25.1. The highest BCUT2D eigenvalue weighted by Crippen LogP contribution is 2.04. The Labute approximate surface area is 204 Å². The van der Waals surface area contributed by atoms with Crippen molar-refractivity contribution >= 4 is 24.4 Å². The van der Waals surface area contributed by atoms with Crippen LogP contribution in [0.2, 0.25) is 27.3 Å². The summed E-state index contributed by atoms with van der Waals surface area (Å²) in [5.41, 5.74) is 6.76. The molecule has 33 heavy (non-hydrogen) atoms. The van der Waals surface area contributed by atoms with Gasteiger partial charge in [-0.2, -0.15) is 0 Å². The van der Waals surface area contributed by atoms with Crippen molar-refractivity contribution in [2.45, 2.75) is 61.4 Å². The summed E-state index contributed by atoms with van der Waals surface area (Å²) in [7, 11) is 0. The summed E-state index contributed by atoms with van der Waals surface area (Å²) < 4.78 is 0. The van der Waals surface area contributed by atoms with Crippen LogP contribution in [0.1, 0.15) is 56.4 Å². The molecule has 0 N–H and O–H groups in total. The summed E-state index contributed by atoms with van der Waals surface area (Å²) in [6.45, 7) is 18.1. The molecule has 2 heteroatoms. The normalized spacial score (nSPS) is 8.85. The van der Waals surface area contributed by atoms with Gasteiger partial charge in [-0.05, 0) is 48.5 Å². The van der Waals surface area contributed by atoms with E-state index in [-0.39, 0.29) is 0 Å². The van der Waals surface area contributed by atoms with Gasteiger partial charge in [0.05, 0.1) is 0 Å². The standard InChI is InChI=1S/C26H24B2.C3H8.C2H6/c1-27(2)25-17-13-23(14-18-25)11-9-21-5-7-22(8-6-21)10-12-24-15-19-26(20-16-24)28(3)4;1-3-2;1-2/h5-8,13-20H,1-4H3;3H2,1-2H3;1-2H3. The predicted molar refractivity (Wildman–Crippen MR) is 153 cm³/mol. The first-order valence-electron chi connectivity index (χ1n) is 12.3. The number of hydrogen-bond donors (Lipinski definition) is 0. The Kier molecular flexibility index (Phi) is 13.3. The van der Waals surface area contributed by atoms with E-state index in [2.05, 4.69) is 113 Å². The number of rotatable bonds is 2. The molecule has 0 amide bonds. The monoisotopic (exact) mass is 432 g/mol. The lowest BCUT2D eigenvalue weighted by atomic mass is 9.49. The zero-order chi connectivity index (χ0) is 24.6. The van der Waals surface area contributed by atoms with Gasteiger partial charge in [0.15, 0.2) is 13.4 Å². The third-order valence-electron chi connectivity index (χ3n) is 4.74. The Morgan fingerprint density at radius 3 is 0.818 bits per heavy atom. The molecule has 0 radical (unpaired) electrons. The van der Waals surface area contributed by atoms with Crippen molar-refractivity contribution in [3.63, 3.8) is 0 Å². The quantitative estimate of drug-likeness (QED) is 0.307. The fourth-order valence-electron chi connectivity index (χ4n) is 2.83. The van der Waals surface area contributed by atoms with Crippen LogP contribution < -0.4 is 10.9 Å². The van der Waals surface area contributed by atoms with Crippen molar-refractivity contribution in [1.82, 2.24) is 0 Å². The topological polar surface area (TPSA) is 0 Å². The lowest BCUT2D eigenvalue weighted by molar-refractivity contribution is 1.09. The molecule has 0 unspecified atom stereocenters. The van der Waals surface area contributed by atoms with Crippen LogP contribution in [-0.2, 0) is 0 Å². The maximum Gasteiger partial charge on any atom is 0.169 e. The molecule has 3 aromatic rings. The molecule has 0 spiro atoms. The first kappa shape index (κ1) is 27.9. The fourth-order valence-corrected chi connectivity index (χ4v) is 2.83. The van der Waals surface area contributed by atoms with Crippen molar-refractivity contribution in [3.8, 4) is 23.7 Å². The molecule has 0 nitrogen and oxygen atoms in total. The molecule has 0 aliphatic heterocycles. The van der Waals surface area contributed by atoms with E-state index in [0.29, 0.717) is 13.4 Å². The second-order valence-electron chi connectivity index (χ2n) is 8.34. The Morgan fingerprint density at radius 2 is 0.636 bits per heavy atom. The molecule has 168 valence electrons. The molecule has 0 aliphatic carbocycles. The Hall–Kier alpha value is -3.09. The highest BCUT2D eigenvalue weighted by Gasteiger charge is 2.02. The van der Waals surface area contributed by atoms with Crippen LogP contribution >= 0.6 is 0 Å². The van der Waals surface area contributed by atoms with Crippen LogP contribution in [0, 0.1) is 23.7 Å². The summed E-state index contributed by atoms with van der Waals surface area (Å²) in [6.07, 6.45) is 1.25. The number of hydrogen-bond acceptors (Lipinski definition) is 0. The van der Waals surface area contributed by atoms with E-state index < -0.39 is 0 Å². The first-order chi connectivity index (χ1) is 15.9. The Balaban J connectivity index is 0.00000101. The zero-order valence-electron chi connectivity index (χ0n) is 21.8. The van der Waals surface area contributed by atoms with Gasteiger partial charge in [0, 0.05) is 22.3 Å². The largest absolute Gasteiger partial charge is 0.169 e. The maximum absolute atomic E-state index is 3.23. The number of benzene rings is 3. The molecule has 0 atom stereocenters. The van der Waals surface area contributed by atoms with Crippen molar-refractivity contribution in [2.75, 3.05) is 0 Å². The third-order valence-corrected chi connectivity index (χ3v) is 4.74. The van der Waals surface area contributed by atoms with E-state index in [9.17, 15) is 0 Å². The van der Waals surface area contributed by atoms with Crippen molar-refractivity contribution in [1.29, 1.82) is 0 Å². The summed E-state index contributed by atoms with van der Waals surface area (Å²) in [4.78, 5) is 0. The summed E-state index contributed by atoms with van der Waals surface area (Å²) >= 11 is 0. The van der Waals surface area contributed by atoms with Gasteiger partial charge in [-0.1, -0.05) is 120 Å². The van der Waals surface area contributed by atoms with Gasteiger partial charge in [-0.15, -0.1) is 0 Å². The van der Waals surface area contributed by atoms with Crippen molar-refractivity contribution in [2.24, 2.45) is 0 Å². The van der Waals surface area contributed by atoms with E-state index in [1.54, 1.807) is 0 Å². The van der Waals surface area contributed by atoms with Crippen LogP contribution in [0.3, 0.4) is 0 Å². The van der Waals surface area contributed by atoms with E-state index in [1.807, 2.05) is 38.1 Å². The lowest BCUT2D eigenvalue weighted by Crippen LogP contribution is -2.21. The summed E-state index contributed by atoms with van der Waals surface area (Å²) in [5, 5.41) is 0. The minimum atomic E-state index is 0.545. The van der Waals surface area contributed by atoms with Gasteiger partial charge in [-0.3, -0.25) is 0 Å². The SMILES string of the molecule is CB(C)c1ccc(C#Cc2ccc(C#Cc3ccc(B(C)C)cc3)cc2)cc1.CC.CCC. The predicted octanol–water partition coefficient (Wildman–Crippen LogP) is 6.85. The molecule has 0 aliphatic rings. The molecule has 0 bridgehead atoms. The Morgan fingerprint density at radius 1 is 0.455 bits per heavy atom. The lowest BCUT2D eigenvalue weighted by Gasteiger charge is -2.01. The second kappa shape index (κ2) is 15.7. The van der Waals surface area contributed by atoms with Gasteiger partial charge in [0.1, 0.15) is 0 Å².